The molecule has 1 aromatic heterocycles. The molecule has 6 nitrogen and oxygen atoms in total. The summed E-state index contributed by atoms with van der Waals surface area (Å²) in [5.74, 6) is 1.52. The van der Waals surface area contributed by atoms with E-state index in [2.05, 4.69) is 19.9 Å². The number of carbonyl (C=O) groups excluding carboxylic acids is 1. The molecule has 1 aromatic rings. The summed E-state index contributed by atoms with van der Waals surface area (Å²) in [6, 6.07) is 0. The molecule has 0 radical (unpaired) electrons. The van der Waals surface area contributed by atoms with Crippen molar-refractivity contribution in [1.29, 1.82) is 0 Å². The number of piperidine rings is 2. The summed E-state index contributed by atoms with van der Waals surface area (Å²) in [6.07, 6.45) is 7.33. The Balaban J connectivity index is 1.57. The molecule has 1 unspecified atom stereocenters. The third-order valence-corrected chi connectivity index (χ3v) is 4.69. The molecule has 3 rings (SSSR count). The zero-order valence-corrected chi connectivity index (χ0v) is 12.9. The Bertz CT molecular complexity index is 480. The lowest BCUT2D eigenvalue weighted by Gasteiger charge is -2.36. The van der Waals surface area contributed by atoms with Crippen LogP contribution in [0.1, 0.15) is 37.9 Å². The van der Waals surface area contributed by atoms with Gasteiger partial charge in [0.15, 0.2) is 0 Å². The number of aryl methyl sites for hydroxylation is 1. The van der Waals surface area contributed by atoms with E-state index in [1.807, 2.05) is 11.7 Å². The summed E-state index contributed by atoms with van der Waals surface area (Å²) >= 11 is 0. The second kappa shape index (κ2) is 6.56. The first-order valence-corrected chi connectivity index (χ1v) is 8.08. The van der Waals surface area contributed by atoms with Crippen LogP contribution in [0.15, 0.2) is 6.33 Å². The van der Waals surface area contributed by atoms with Gasteiger partial charge in [-0.3, -0.25) is 14.4 Å². The highest BCUT2D eigenvalue weighted by Gasteiger charge is 2.30. The number of nitrogens with zero attached hydrogens (tertiary/aromatic N) is 5. The molecule has 0 spiro atoms. The monoisotopic (exact) mass is 291 g/mol. The lowest BCUT2D eigenvalue weighted by atomic mass is 9.95. The molecule has 0 N–H and O–H groups in total. The van der Waals surface area contributed by atoms with Gasteiger partial charge in [0.05, 0.1) is 12.5 Å². The molecule has 1 atom stereocenters. The fourth-order valence-electron chi connectivity index (χ4n) is 3.44. The average molecular weight is 291 g/mol. The largest absolute Gasteiger partial charge is 0.342 e. The Kier molecular flexibility index (Phi) is 4.53. The maximum absolute atomic E-state index is 12.6. The van der Waals surface area contributed by atoms with Crippen molar-refractivity contribution >= 4 is 5.91 Å². The molecule has 2 aliphatic heterocycles. The van der Waals surface area contributed by atoms with Gasteiger partial charge in [0.1, 0.15) is 12.2 Å². The number of amides is 1. The SMILES string of the molecule is Cn1ncnc1CN1CCCC(C(=O)N2CCCCC2)C1. The van der Waals surface area contributed by atoms with Crippen LogP contribution in [0, 0.1) is 5.92 Å². The molecule has 116 valence electrons. The summed E-state index contributed by atoms with van der Waals surface area (Å²) in [5, 5.41) is 4.11. The van der Waals surface area contributed by atoms with Gasteiger partial charge in [-0.05, 0) is 38.6 Å². The normalized spacial score (nSPS) is 24.2. The lowest BCUT2D eigenvalue weighted by Crippen LogP contribution is -2.46. The molecular weight excluding hydrogens is 266 g/mol. The molecule has 0 saturated carbocycles. The second-order valence-electron chi connectivity index (χ2n) is 6.26. The number of hydrogen-bond acceptors (Lipinski definition) is 4. The third-order valence-electron chi connectivity index (χ3n) is 4.69. The molecule has 2 fully saturated rings. The zero-order chi connectivity index (χ0) is 14.7. The fourth-order valence-corrected chi connectivity index (χ4v) is 3.44. The quantitative estimate of drug-likeness (QED) is 0.835. The van der Waals surface area contributed by atoms with Crippen LogP contribution in [0.3, 0.4) is 0 Å². The first-order chi connectivity index (χ1) is 10.2. The van der Waals surface area contributed by atoms with E-state index >= 15 is 0 Å². The summed E-state index contributed by atoms with van der Waals surface area (Å²) in [7, 11) is 1.92. The first-order valence-electron chi connectivity index (χ1n) is 8.08. The highest BCUT2D eigenvalue weighted by molar-refractivity contribution is 5.79. The average Bonchev–Trinajstić information content (AvgIpc) is 2.93. The van der Waals surface area contributed by atoms with Gasteiger partial charge in [-0.25, -0.2) is 4.98 Å². The van der Waals surface area contributed by atoms with Gasteiger partial charge in [-0.2, -0.15) is 5.10 Å². The summed E-state index contributed by atoms with van der Waals surface area (Å²) < 4.78 is 1.82. The Morgan fingerprint density at radius 2 is 2.05 bits per heavy atom. The zero-order valence-electron chi connectivity index (χ0n) is 12.9. The van der Waals surface area contributed by atoms with Crippen LogP contribution in [-0.2, 0) is 18.4 Å². The van der Waals surface area contributed by atoms with Crippen molar-refractivity contribution in [3.63, 3.8) is 0 Å². The Hall–Kier alpha value is -1.43. The van der Waals surface area contributed by atoms with Crippen molar-refractivity contribution < 1.29 is 4.79 Å². The molecule has 3 heterocycles. The van der Waals surface area contributed by atoms with Gasteiger partial charge in [0, 0.05) is 26.7 Å². The van der Waals surface area contributed by atoms with Gasteiger partial charge in [-0.1, -0.05) is 0 Å². The fraction of sp³-hybridized carbons (Fsp3) is 0.800. The van der Waals surface area contributed by atoms with Crippen molar-refractivity contribution in [3.8, 4) is 0 Å². The minimum absolute atomic E-state index is 0.171. The number of aromatic nitrogens is 3. The van der Waals surface area contributed by atoms with Crippen molar-refractivity contribution in [3.05, 3.63) is 12.2 Å². The van der Waals surface area contributed by atoms with Crippen LogP contribution in [0.2, 0.25) is 0 Å². The van der Waals surface area contributed by atoms with E-state index in [1.54, 1.807) is 6.33 Å². The topological polar surface area (TPSA) is 54.3 Å². The Labute approximate surface area is 126 Å². The molecular formula is C15H25N5O. The number of likely N-dealkylation sites (tertiary alicyclic amines) is 2. The number of hydrogen-bond donors (Lipinski definition) is 0. The minimum Gasteiger partial charge on any atom is -0.342 e. The van der Waals surface area contributed by atoms with Gasteiger partial charge in [0.25, 0.3) is 0 Å². The second-order valence-corrected chi connectivity index (χ2v) is 6.26. The maximum Gasteiger partial charge on any atom is 0.226 e. The van der Waals surface area contributed by atoms with Crippen molar-refractivity contribution in [2.45, 2.75) is 38.6 Å². The predicted octanol–water partition coefficient (Wildman–Crippen LogP) is 1.04. The molecule has 0 aliphatic carbocycles. The molecule has 0 bridgehead atoms. The van der Waals surface area contributed by atoms with Crippen molar-refractivity contribution in [2.24, 2.45) is 13.0 Å². The highest BCUT2D eigenvalue weighted by atomic mass is 16.2. The van der Waals surface area contributed by atoms with Crippen LogP contribution < -0.4 is 0 Å². The van der Waals surface area contributed by atoms with Crippen molar-refractivity contribution in [2.75, 3.05) is 26.2 Å². The van der Waals surface area contributed by atoms with Gasteiger partial charge < -0.3 is 4.90 Å². The van der Waals surface area contributed by atoms with E-state index in [1.165, 1.54) is 19.3 Å². The van der Waals surface area contributed by atoms with Crippen LogP contribution in [0.4, 0.5) is 0 Å². The molecule has 0 aromatic carbocycles. The van der Waals surface area contributed by atoms with E-state index in [0.29, 0.717) is 5.91 Å². The molecule has 2 saturated heterocycles. The van der Waals surface area contributed by atoms with E-state index in [0.717, 1.165) is 51.4 Å². The minimum atomic E-state index is 0.171. The van der Waals surface area contributed by atoms with E-state index in [9.17, 15) is 4.79 Å². The van der Waals surface area contributed by atoms with Crippen LogP contribution in [0.25, 0.3) is 0 Å². The smallest absolute Gasteiger partial charge is 0.226 e. The van der Waals surface area contributed by atoms with Crippen LogP contribution in [-0.4, -0.2) is 56.7 Å². The van der Waals surface area contributed by atoms with Crippen molar-refractivity contribution in [1.82, 2.24) is 24.6 Å². The van der Waals surface area contributed by atoms with Crippen LogP contribution in [0.5, 0.6) is 0 Å². The standard InChI is InChI=1S/C15H25N5O/c1-18-14(16-12-17-18)11-19-7-5-6-13(10-19)15(21)20-8-3-2-4-9-20/h12-13H,2-11H2,1H3. The predicted molar refractivity (Wildman–Crippen MR) is 79.4 cm³/mol. The Morgan fingerprint density at radius 1 is 1.24 bits per heavy atom. The molecule has 6 heteroatoms. The maximum atomic E-state index is 12.6. The summed E-state index contributed by atoms with van der Waals surface area (Å²) in [6.45, 7) is 4.62. The Morgan fingerprint density at radius 3 is 2.76 bits per heavy atom. The van der Waals surface area contributed by atoms with Gasteiger partial charge >= 0.3 is 0 Å². The summed E-state index contributed by atoms with van der Waals surface area (Å²) in [4.78, 5) is 21.3. The summed E-state index contributed by atoms with van der Waals surface area (Å²) in [5.41, 5.74) is 0. The number of carbonyl (C=O) groups is 1. The van der Waals surface area contributed by atoms with E-state index in [4.69, 9.17) is 0 Å². The molecule has 2 aliphatic rings. The first kappa shape index (κ1) is 14.5. The molecule has 1 amide bonds. The van der Waals surface area contributed by atoms with E-state index in [-0.39, 0.29) is 5.92 Å². The van der Waals surface area contributed by atoms with Gasteiger partial charge in [-0.15, -0.1) is 0 Å². The van der Waals surface area contributed by atoms with Crippen LogP contribution >= 0.6 is 0 Å². The van der Waals surface area contributed by atoms with Gasteiger partial charge in [0.2, 0.25) is 5.91 Å². The highest BCUT2D eigenvalue weighted by Crippen LogP contribution is 2.22. The third kappa shape index (κ3) is 3.43. The van der Waals surface area contributed by atoms with E-state index < -0.39 is 0 Å². The molecule has 21 heavy (non-hydrogen) atoms. The lowest BCUT2D eigenvalue weighted by molar-refractivity contribution is -0.138. The number of rotatable bonds is 3.